The number of rotatable bonds is 4. The van der Waals surface area contributed by atoms with Crippen LogP contribution in [-0.2, 0) is 6.42 Å². The van der Waals surface area contributed by atoms with Gasteiger partial charge in [-0.3, -0.25) is 4.79 Å². The van der Waals surface area contributed by atoms with E-state index in [9.17, 15) is 4.79 Å². The number of carbonyl (C=O) groups is 1. The van der Waals surface area contributed by atoms with Crippen LogP contribution in [0.1, 0.15) is 54.0 Å². The molecule has 2 rings (SSSR count). The van der Waals surface area contributed by atoms with E-state index in [0.29, 0.717) is 11.8 Å². The van der Waals surface area contributed by atoms with Crippen LogP contribution in [-0.4, -0.2) is 42.0 Å². The molecule has 1 aliphatic heterocycles. The molecule has 0 spiro atoms. The molecule has 1 fully saturated rings. The molecule has 0 aliphatic carbocycles. The summed E-state index contributed by atoms with van der Waals surface area (Å²) in [5, 5.41) is 4.38. The fourth-order valence-electron chi connectivity index (χ4n) is 2.37. The van der Waals surface area contributed by atoms with E-state index in [1.54, 1.807) is 11.3 Å². The second-order valence-corrected chi connectivity index (χ2v) is 7.20. The monoisotopic (exact) mass is 295 g/mol. The maximum atomic E-state index is 12.7. The van der Waals surface area contributed by atoms with Crippen LogP contribution < -0.4 is 5.32 Å². The minimum Gasteiger partial charge on any atom is -0.335 e. The highest BCUT2D eigenvalue weighted by Crippen LogP contribution is 2.28. The Morgan fingerprint density at radius 1 is 1.30 bits per heavy atom. The predicted molar refractivity (Wildman–Crippen MR) is 83.5 cm³/mol. The van der Waals surface area contributed by atoms with Crippen molar-refractivity contribution in [2.45, 2.75) is 40.0 Å². The Bertz CT molecular complexity index is 462. The number of hydrogen-bond acceptors (Lipinski definition) is 4. The molecule has 0 saturated carbocycles. The van der Waals surface area contributed by atoms with Gasteiger partial charge < -0.3 is 10.2 Å². The van der Waals surface area contributed by atoms with Crippen LogP contribution in [0.25, 0.3) is 0 Å². The van der Waals surface area contributed by atoms with E-state index < -0.39 is 0 Å². The van der Waals surface area contributed by atoms with E-state index in [-0.39, 0.29) is 5.91 Å². The van der Waals surface area contributed by atoms with Gasteiger partial charge in [-0.15, -0.1) is 11.3 Å². The van der Waals surface area contributed by atoms with E-state index in [1.807, 2.05) is 4.90 Å². The lowest BCUT2D eigenvalue weighted by molar-refractivity contribution is 0.0739. The molecule has 0 aromatic carbocycles. The van der Waals surface area contributed by atoms with Crippen molar-refractivity contribution < 1.29 is 4.79 Å². The zero-order valence-corrected chi connectivity index (χ0v) is 13.7. The summed E-state index contributed by atoms with van der Waals surface area (Å²) in [6.07, 6.45) is 0.958. The summed E-state index contributed by atoms with van der Waals surface area (Å²) in [5.41, 5.74) is 0.981. The lowest BCUT2D eigenvalue weighted by Gasteiger charge is -2.27. The number of nitrogens with zero attached hydrogens (tertiary/aromatic N) is 2. The van der Waals surface area contributed by atoms with Gasteiger partial charge in [0.15, 0.2) is 0 Å². The number of amides is 1. The molecule has 5 heteroatoms. The largest absolute Gasteiger partial charge is 0.335 e. The molecule has 1 saturated heterocycles. The van der Waals surface area contributed by atoms with Gasteiger partial charge in [0.05, 0.1) is 10.7 Å². The highest BCUT2D eigenvalue weighted by atomic mass is 32.1. The molecule has 112 valence electrons. The minimum atomic E-state index is 0.169. The summed E-state index contributed by atoms with van der Waals surface area (Å²) >= 11 is 1.60. The van der Waals surface area contributed by atoms with Crippen LogP contribution >= 0.6 is 11.3 Å². The predicted octanol–water partition coefficient (Wildman–Crippen LogP) is 2.51. The fraction of sp³-hybridized carbons (Fsp3) is 0.733. The molecule has 2 heterocycles. The topological polar surface area (TPSA) is 45.2 Å². The first kappa shape index (κ1) is 15.4. The number of thiazole rings is 1. The van der Waals surface area contributed by atoms with Gasteiger partial charge in [-0.05, 0) is 11.8 Å². The zero-order chi connectivity index (χ0) is 14.7. The Balaban J connectivity index is 2.23. The van der Waals surface area contributed by atoms with Crippen LogP contribution in [0.5, 0.6) is 0 Å². The molecule has 1 aromatic rings. The van der Waals surface area contributed by atoms with Crippen molar-refractivity contribution in [3.63, 3.8) is 0 Å². The number of hydrogen-bond donors (Lipinski definition) is 1. The Morgan fingerprint density at radius 2 is 1.95 bits per heavy atom. The van der Waals surface area contributed by atoms with Gasteiger partial charge in [-0.2, -0.15) is 0 Å². The Kier molecular flexibility index (Phi) is 5.16. The molecular weight excluding hydrogens is 270 g/mol. The highest BCUT2D eigenvalue weighted by molar-refractivity contribution is 7.13. The first-order chi connectivity index (χ1) is 9.49. The highest BCUT2D eigenvalue weighted by Gasteiger charge is 2.25. The first-order valence-electron chi connectivity index (χ1n) is 7.48. The second kappa shape index (κ2) is 6.68. The minimum absolute atomic E-state index is 0.169. The molecule has 4 nitrogen and oxygen atoms in total. The lowest BCUT2D eigenvalue weighted by atomic mass is 10.1. The van der Waals surface area contributed by atoms with Crippen LogP contribution in [0.4, 0.5) is 0 Å². The van der Waals surface area contributed by atoms with Gasteiger partial charge in [0.1, 0.15) is 4.88 Å². The molecule has 0 bridgehead atoms. The van der Waals surface area contributed by atoms with Crippen molar-refractivity contribution in [1.29, 1.82) is 0 Å². The smallest absolute Gasteiger partial charge is 0.265 e. The summed E-state index contributed by atoms with van der Waals surface area (Å²) in [5.74, 6) is 1.04. The molecule has 0 unspecified atom stereocenters. The Morgan fingerprint density at radius 3 is 2.50 bits per heavy atom. The lowest BCUT2D eigenvalue weighted by Crippen LogP contribution is -2.46. The van der Waals surface area contributed by atoms with Crippen molar-refractivity contribution in [2.75, 3.05) is 26.2 Å². The van der Waals surface area contributed by atoms with Crippen molar-refractivity contribution in [3.8, 4) is 0 Å². The van der Waals surface area contributed by atoms with E-state index in [2.05, 4.69) is 33.0 Å². The molecule has 1 aromatic heterocycles. The number of aromatic nitrogens is 1. The third-order valence-electron chi connectivity index (χ3n) is 3.43. The Labute approximate surface area is 125 Å². The maximum absolute atomic E-state index is 12.7. The average molecular weight is 295 g/mol. The van der Waals surface area contributed by atoms with Gasteiger partial charge in [-0.1, -0.05) is 27.7 Å². The number of carbonyl (C=O) groups excluding carboxylic acids is 1. The van der Waals surface area contributed by atoms with E-state index in [0.717, 1.165) is 48.2 Å². The molecule has 1 amide bonds. The van der Waals surface area contributed by atoms with Crippen LogP contribution in [0, 0.1) is 5.92 Å². The molecule has 0 atom stereocenters. The first-order valence-corrected chi connectivity index (χ1v) is 8.30. The summed E-state index contributed by atoms with van der Waals surface area (Å²) in [7, 11) is 0. The molecule has 20 heavy (non-hydrogen) atoms. The summed E-state index contributed by atoms with van der Waals surface area (Å²) in [6.45, 7) is 12.0. The number of nitrogens with one attached hydrogen (secondary N) is 1. The van der Waals surface area contributed by atoms with Gasteiger partial charge in [-0.25, -0.2) is 4.98 Å². The molecule has 0 radical (unpaired) electrons. The van der Waals surface area contributed by atoms with Gasteiger partial charge in [0, 0.05) is 32.6 Å². The van der Waals surface area contributed by atoms with Crippen LogP contribution in [0.15, 0.2) is 0 Å². The SMILES string of the molecule is CC(C)Cc1nc(C(C)C)c(C(=O)N2CCNCC2)s1. The third kappa shape index (κ3) is 3.58. The van der Waals surface area contributed by atoms with E-state index >= 15 is 0 Å². The van der Waals surface area contributed by atoms with Gasteiger partial charge >= 0.3 is 0 Å². The Hall–Kier alpha value is -0.940. The second-order valence-electron chi connectivity index (χ2n) is 6.12. The third-order valence-corrected chi connectivity index (χ3v) is 4.51. The summed E-state index contributed by atoms with van der Waals surface area (Å²) < 4.78 is 0. The van der Waals surface area contributed by atoms with Crippen molar-refractivity contribution in [3.05, 3.63) is 15.6 Å². The van der Waals surface area contributed by atoms with Crippen LogP contribution in [0.2, 0.25) is 0 Å². The number of piperazine rings is 1. The molecule has 1 N–H and O–H groups in total. The maximum Gasteiger partial charge on any atom is 0.265 e. The summed E-state index contributed by atoms with van der Waals surface area (Å²) in [6, 6.07) is 0. The van der Waals surface area contributed by atoms with Crippen molar-refractivity contribution in [1.82, 2.24) is 15.2 Å². The van der Waals surface area contributed by atoms with Gasteiger partial charge in [0.2, 0.25) is 0 Å². The average Bonchev–Trinajstić information content (AvgIpc) is 2.82. The van der Waals surface area contributed by atoms with E-state index in [1.165, 1.54) is 0 Å². The molecular formula is C15H25N3OS. The summed E-state index contributed by atoms with van der Waals surface area (Å²) in [4.78, 5) is 20.2. The molecule has 1 aliphatic rings. The fourth-order valence-corrected chi connectivity index (χ4v) is 3.77. The van der Waals surface area contributed by atoms with Crippen LogP contribution in [0.3, 0.4) is 0 Å². The van der Waals surface area contributed by atoms with Gasteiger partial charge in [0.25, 0.3) is 5.91 Å². The quantitative estimate of drug-likeness (QED) is 0.928. The van der Waals surface area contributed by atoms with Crippen molar-refractivity contribution >= 4 is 17.2 Å². The normalized spacial score (nSPS) is 16.2. The zero-order valence-electron chi connectivity index (χ0n) is 12.9. The van der Waals surface area contributed by atoms with E-state index in [4.69, 9.17) is 4.98 Å². The van der Waals surface area contributed by atoms with Crippen molar-refractivity contribution in [2.24, 2.45) is 5.92 Å². The standard InChI is InChI=1S/C15H25N3OS/c1-10(2)9-12-17-13(11(3)4)14(20-12)15(19)18-7-5-16-6-8-18/h10-11,16H,5-9H2,1-4H3.